The second-order valence-electron chi connectivity index (χ2n) is 12.2. The smallest absolute Gasteiger partial charge is 0.335 e. The molecule has 3 aromatic rings. The van der Waals surface area contributed by atoms with Crippen LogP contribution in [0.4, 0.5) is 11.4 Å². The molecule has 0 aromatic heterocycles. The molecule has 6 heteroatoms. The fraction of sp³-hybridized carbons (Fsp3) is 0.472. The predicted octanol–water partition coefficient (Wildman–Crippen LogP) is 8.46. The van der Waals surface area contributed by atoms with Gasteiger partial charge in [-0.15, -0.1) is 0 Å². The van der Waals surface area contributed by atoms with Crippen LogP contribution in [-0.2, 0) is 14.9 Å². The Hall–Kier alpha value is -3.19. The molecule has 0 spiro atoms. The molecule has 1 N–H and O–H groups in total. The number of nitrogens with zero attached hydrogens (tertiary/aromatic N) is 2. The number of hydrogen-bond acceptors (Lipinski definition) is 5. The Balaban J connectivity index is 0.00000113. The maximum Gasteiger partial charge on any atom is 0.335 e. The molecule has 0 amide bonds. The average Bonchev–Trinajstić information content (AvgIpc) is 2.94. The van der Waals surface area contributed by atoms with Gasteiger partial charge in [0.1, 0.15) is 6.79 Å². The highest BCUT2D eigenvalue weighted by Crippen LogP contribution is 2.39. The summed E-state index contributed by atoms with van der Waals surface area (Å²) in [4.78, 5) is 16.6. The number of benzene rings is 3. The van der Waals surface area contributed by atoms with Crippen LogP contribution in [0.3, 0.4) is 0 Å². The van der Waals surface area contributed by atoms with Gasteiger partial charge in [0, 0.05) is 38.2 Å². The van der Waals surface area contributed by atoms with Gasteiger partial charge in [0.05, 0.1) is 5.56 Å². The molecule has 3 aromatic carbocycles. The first-order valence-electron chi connectivity index (χ1n) is 14.8. The van der Waals surface area contributed by atoms with E-state index in [9.17, 15) is 9.90 Å². The van der Waals surface area contributed by atoms with Crippen molar-refractivity contribution >= 4 is 17.3 Å². The number of carboxylic acid groups (broad SMARTS) is 1. The van der Waals surface area contributed by atoms with Crippen molar-refractivity contribution in [3.63, 3.8) is 0 Å². The van der Waals surface area contributed by atoms with Crippen molar-refractivity contribution in [3.8, 4) is 11.1 Å². The molecule has 0 aliphatic carbocycles. The molecule has 0 bridgehead atoms. The molecular weight excluding hydrogens is 524 g/mol. The van der Waals surface area contributed by atoms with E-state index in [2.05, 4.69) is 117 Å². The van der Waals surface area contributed by atoms with Crippen LogP contribution in [-0.4, -0.2) is 63.7 Å². The van der Waals surface area contributed by atoms with Gasteiger partial charge in [-0.3, -0.25) is 0 Å². The first-order valence-corrected chi connectivity index (χ1v) is 14.8. The number of methoxy groups -OCH3 is 2. The molecule has 3 rings (SSSR count). The van der Waals surface area contributed by atoms with Gasteiger partial charge in [0.15, 0.2) is 0 Å². The lowest BCUT2D eigenvalue weighted by Gasteiger charge is -2.34. The zero-order chi connectivity index (χ0) is 31.4. The van der Waals surface area contributed by atoms with Crippen molar-refractivity contribution in [2.75, 3.05) is 46.6 Å². The largest absolute Gasteiger partial charge is 0.478 e. The molecule has 0 unspecified atom stereocenters. The Bertz CT molecular complexity index is 1260. The summed E-state index contributed by atoms with van der Waals surface area (Å²) >= 11 is 0. The third-order valence-corrected chi connectivity index (χ3v) is 7.52. The van der Waals surface area contributed by atoms with E-state index in [-0.39, 0.29) is 5.41 Å². The molecule has 6 nitrogen and oxygen atoms in total. The van der Waals surface area contributed by atoms with Gasteiger partial charge in [-0.1, -0.05) is 64.8 Å². The Kier molecular flexibility index (Phi) is 13.7. The number of hydrogen-bond donors (Lipinski definition) is 1. The molecule has 0 radical (unpaired) electrons. The first-order chi connectivity index (χ1) is 19.8. The Morgan fingerprint density at radius 1 is 0.905 bits per heavy atom. The zero-order valence-electron chi connectivity index (χ0n) is 27.5. The highest BCUT2D eigenvalue weighted by molar-refractivity contribution is 5.91. The third kappa shape index (κ3) is 9.69. The molecule has 0 aliphatic heterocycles. The number of rotatable bonds is 12. The molecule has 0 aliphatic rings. The van der Waals surface area contributed by atoms with E-state index in [1.807, 2.05) is 12.1 Å². The molecule has 0 saturated heterocycles. The zero-order valence-corrected chi connectivity index (χ0v) is 27.5. The molecule has 230 valence electrons. The minimum absolute atomic E-state index is 0.111. The lowest BCUT2D eigenvalue weighted by molar-refractivity contribution is -0.00272. The number of likely N-dealkylation sites (N-methyl/N-ethyl adjacent to an activating group) is 1. The summed E-state index contributed by atoms with van der Waals surface area (Å²) in [6.45, 7) is 14.4. The SMILES string of the molecule is CCCC[C@H](CN(c1ccccc1)c1cc(C)c(-c2cc(C(=O)O)ccc2C(C)(C)C)cc1C)N(C)C.COCOC. The van der Waals surface area contributed by atoms with E-state index in [0.29, 0.717) is 18.4 Å². The maximum absolute atomic E-state index is 11.8. The number of ether oxygens (including phenoxy) is 2. The van der Waals surface area contributed by atoms with Crippen LogP contribution in [0.25, 0.3) is 11.1 Å². The second kappa shape index (κ2) is 16.4. The van der Waals surface area contributed by atoms with Crippen molar-refractivity contribution in [1.29, 1.82) is 0 Å². The van der Waals surface area contributed by atoms with Crippen LogP contribution < -0.4 is 4.90 Å². The molecule has 0 saturated carbocycles. The minimum atomic E-state index is -0.898. The van der Waals surface area contributed by atoms with E-state index >= 15 is 0 Å². The lowest BCUT2D eigenvalue weighted by atomic mass is 9.80. The number of unbranched alkanes of at least 4 members (excludes halogenated alkanes) is 1. The number of aryl methyl sites for hydroxylation is 2. The maximum atomic E-state index is 11.8. The highest BCUT2D eigenvalue weighted by Gasteiger charge is 2.24. The Morgan fingerprint density at radius 3 is 2.05 bits per heavy atom. The van der Waals surface area contributed by atoms with E-state index < -0.39 is 5.97 Å². The van der Waals surface area contributed by atoms with Gasteiger partial charge in [-0.25, -0.2) is 4.79 Å². The molecule has 42 heavy (non-hydrogen) atoms. The van der Waals surface area contributed by atoms with Gasteiger partial charge in [0.25, 0.3) is 0 Å². The summed E-state index contributed by atoms with van der Waals surface area (Å²) in [6, 6.07) is 21.1. The second-order valence-corrected chi connectivity index (χ2v) is 12.2. The van der Waals surface area contributed by atoms with Gasteiger partial charge in [-0.2, -0.15) is 0 Å². The van der Waals surface area contributed by atoms with Gasteiger partial charge < -0.3 is 24.4 Å². The summed E-state index contributed by atoms with van der Waals surface area (Å²) in [5, 5.41) is 9.70. The van der Waals surface area contributed by atoms with Gasteiger partial charge >= 0.3 is 5.97 Å². The van der Waals surface area contributed by atoms with E-state index in [0.717, 1.165) is 35.2 Å². The van der Waals surface area contributed by atoms with Crippen LogP contribution in [0.15, 0.2) is 60.7 Å². The minimum Gasteiger partial charge on any atom is -0.478 e. The summed E-state index contributed by atoms with van der Waals surface area (Å²) < 4.78 is 8.94. The summed E-state index contributed by atoms with van der Waals surface area (Å²) in [5.74, 6) is -0.898. The molecule has 1 atom stereocenters. The van der Waals surface area contributed by atoms with Crippen LogP contribution in [0.1, 0.15) is 74.0 Å². The average molecular weight is 577 g/mol. The fourth-order valence-electron chi connectivity index (χ4n) is 5.17. The van der Waals surface area contributed by atoms with Gasteiger partial charge in [0.2, 0.25) is 0 Å². The summed E-state index contributed by atoms with van der Waals surface area (Å²) in [5.41, 5.74) is 8.16. The van der Waals surface area contributed by atoms with Crippen LogP contribution in [0.2, 0.25) is 0 Å². The summed E-state index contributed by atoms with van der Waals surface area (Å²) in [6.07, 6.45) is 3.55. The number of carbonyl (C=O) groups is 1. The molecular formula is C36H52N2O4. The van der Waals surface area contributed by atoms with Crippen LogP contribution >= 0.6 is 0 Å². The Morgan fingerprint density at radius 2 is 1.55 bits per heavy atom. The van der Waals surface area contributed by atoms with Crippen molar-refractivity contribution in [1.82, 2.24) is 4.90 Å². The van der Waals surface area contributed by atoms with E-state index in [1.54, 1.807) is 20.3 Å². The lowest BCUT2D eigenvalue weighted by Crippen LogP contribution is -2.39. The first kappa shape index (κ1) is 35.0. The van der Waals surface area contributed by atoms with Crippen molar-refractivity contribution in [3.05, 3.63) is 82.9 Å². The fourth-order valence-corrected chi connectivity index (χ4v) is 5.17. The summed E-state index contributed by atoms with van der Waals surface area (Å²) in [7, 11) is 7.52. The van der Waals surface area contributed by atoms with Crippen molar-refractivity contribution in [2.24, 2.45) is 0 Å². The number of anilines is 2. The standard InChI is InChI=1S/C33H44N2O2.C3H8O2/c1-9-10-14-27(34(7)8)22-35(26-15-12-11-13-16-26)31-20-23(2)28(19-24(31)3)29-21-25(32(36)37)17-18-30(29)33(4,5)6;1-4-3-5-2/h11-13,15-21,27H,9-10,14,22H2,1-8H3,(H,36,37);3H2,1-2H3/t27-;/m1./s1. The topological polar surface area (TPSA) is 62.2 Å². The van der Waals surface area contributed by atoms with Crippen molar-refractivity contribution < 1.29 is 19.4 Å². The van der Waals surface area contributed by atoms with E-state index in [1.165, 1.54) is 29.8 Å². The monoisotopic (exact) mass is 576 g/mol. The third-order valence-electron chi connectivity index (χ3n) is 7.52. The molecule has 0 heterocycles. The molecule has 0 fully saturated rings. The van der Waals surface area contributed by atoms with Gasteiger partial charge in [-0.05, 0) is 104 Å². The quantitative estimate of drug-likeness (QED) is 0.218. The number of aromatic carboxylic acids is 1. The van der Waals surface area contributed by atoms with Crippen LogP contribution in [0.5, 0.6) is 0 Å². The number of para-hydroxylation sites is 1. The predicted molar refractivity (Wildman–Crippen MR) is 176 cm³/mol. The van der Waals surface area contributed by atoms with Crippen molar-refractivity contribution in [2.45, 2.75) is 72.3 Å². The normalized spacial score (nSPS) is 12.1. The highest BCUT2D eigenvalue weighted by atomic mass is 16.6. The van der Waals surface area contributed by atoms with Crippen LogP contribution in [0, 0.1) is 13.8 Å². The number of carboxylic acids is 1. The van der Waals surface area contributed by atoms with E-state index in [4.69, 9.17) is 0 Å². The Labute approximate surface area is 254 Å².